The summed E-state index contributed by atoms with van der Waals surface area (Å²) in [5, 5.41) is 3.46. The van der Waals surface area contributed by atoms with Gasteiger partial charge in [0.15, 0.2) is 0 Å². The predicted molar refractivity (Wildman–Crippen MR) is 83.8 cm³/mol. The van der Waals surface area contributed by atoms with E-state index in [1.165, 1.54) is 0 Å². The number of rotatable bonds is 3. The molecule has 1 aliphatic carbocycles. The molecule has 3 rings (SSSR count). The van der Waals surface area contributed by atoms with Crippen LogP contribution in [0.25, 0.3) is 0 Å². The van der Waals surface area contributed by atoms with E-state index in [1.807, 2.05) is 18.2 Å². The van der Waals surface area contributed by atoms with Crippen molar-refractivity contribution in [1.29, 1.82) is 0 Å². The van der Waals surface area contributed by atoms with Crippen LogP contribution < -0.4 is 10.7 Å². The minimum atomic E-state index is -1.17. The van der Waals surface area contributed by atoms with Crippen LogP contribution in [0.15, 0.2) is 42.5 Å². The summed E-state index contributed by atoms with van der Waals surface area (Å²) in [6.45, 7) is 1.64. The Hall–Kier alpha value is -2.63. The van der Waals surface area contributed by atoms with E-state index < -0.39 is 17.5 Å². The summed E-state index contributed by atoms with van der Waals surface area (Å²) in [5.74, 6) is -0.979. The standard InChI is InChI=1S/C17H19N3O3/c1-17(13-10-6-3-7-11-13)15(22)20(16(23)18-17)19-14(21)12-8-4-2-5-9-12/h2-4,6-7,10-12H,5,8-9H2,1H3,(H,18,23)(H,19,21). The fraction of sp³-hybridized carbons (Fsp3) is 0.353. The molecule has 0 spiro atoms. The van der Waals surface area contributed by atoms with Crippen molar-refractivity contribution < 1.29 is 14.4 Å². The number of hydrogen-bond acceptors (Lipinski definition) is 3. The molecular weight excluding hydrogens is 294 g/mol. The van der Waals surface area contributed by atoms with E-state index in [1.54, 1.807) is 31.2 Å². The Morgan fingerprint density at radius 3 is 2.65 bits per heavy atom. The number of nitrogens with one attached hydrogen (secondary N) is 2. The van der Waals surface area contributed by atoms with Crippen molar-refractivity contribution in [1.82, 2.24) is 15.8 Å². The molecule has 2 atom stereocenters. The van der Waals surface area contributed by atoms with Crippen molar-refractivity contribution in [3.8, 4) is 0 Å². The Bertz CT molecular complexity index is 671. The number of carbonyl (C=O) groups excluding carboxylic acids is 3. The zero-order valence-corrected chi connectivity index (χ0v) is 12.9. The van der Waals surface area contributed by atoms with E-state index >= 15 is 0 Å². The number of benzene rings is 1. The molecule has 23 heavy (non-hydrogen) atoms. The third kappa shape index (κ3) is 2.72. The highest BCUT2D eigenvalue weighted by Gasteiger charge is 2.50. The summed E-state index contributed by atoms with van der Waals surface area (Å²) in [6, 6.07) is 8.38. The summed E-state index contributed by atoms with van der Waals surface area (Å²) < 4.78 is 0. The lowest BCUT2D eigenvalue weighted by molar-refractivity contribution is -0.140. The van der Waals surface area contributed by atoms with Gasteiger partial charge in [-0.1, -0.05) is 42.5 Å². The Morgan fingerprint density at radius 1 is 1.26 bits per heavy atom. The van der Waals surface area contributed by atoms with Crippen molar-refractivity contribution in [3.05, 3.63) is 48.0 Å². The van der Waals surface area contributed by atoms with Gasteiger partial charge in [-0.2, -0.15) is 5.01 Å². The van der Waals surface area contributed by atoms with Gasteiger partial charge in [0.2, 0.25) is 5.91 Å². The molecule has 1 fully saturated rings. The zero-order valence-electron chi connectivity index (χ0n) is 12.9. The lowest BCUT2D eigenvalue weighted by Gasteiger charge is -2.23. The van der Waals surface area contributed by atoms with Crippen LogP contribution in [-0.2, 0) is 15.1 Å². The predicted octanol–water partition coefficient (Wildman–Crippen LogP) is 1.84. The quantitative estimate of drug-likeness (QED) is 0.660. The van der Waals surface area contributed by atoms with Crippen LogP contribution in [0.1, 0.15) is 31.7 Å². The van der Waals surface area contributed by atoms with Gasteiger partial charge >= 0.3 is 6.03 Å². The van der Waals surface area contributed by atoms with Gasteiger partial charge in [-0.3, -0.25) is 15.0 Å². The van der Waals surface area contributed by atoms with E-state index in [2.05, 4.69) is 10.7 Å². The molecule has 0 aromatic heterocycles. The SMILES string of the molecule is CC1(c2ccccc2)NC(=O)N(NC(=O)C2CC=CCC2)C1=O. The van der Waals surface area contributed by atoms with Gasteiger partial charge in [0, 0.05) is 5.92 Å². The first-order valence-electron chi connectivity index (χ1n) is 7.70. The average molecular weight is 313 g/mol. The molecule has 6 nitrogen and oxygen atoms in total. The molecule has 1 aromatic rings. The number of nitrogens with zero attached hydrogens (tertiary/aromatic N) is 1. The monoisotopic (exact) mass is 313 g/mol. The number of allylic oxidation sites excluding steroid dienone is 2. The maximum atomic E-state index is 12.7. The smallest absolute Gasteiger partial charge is 0.318 e. The molecule has 120 valence electrons. The van der Waals surface area contributed by atoms with E-state index in [-0.39, 0.29) is 11.8 Å². The summed E-state index contributed by atoms with van der Waals surface area (Å²) in [4.78, 5) is 37.1. The lowest BCUT2D eigenvalue weighted by atomic mass is 9.92. The minimum Gasteiger partial charge on any atom is -0.318 e. The number of carbonyl (C=O) groups is 3. The molecule has 4 amide bonds. The first-order chi connectivity index (χ1) is 11.0. The van der Waals surface area contributed by atoms with Gasteiger partial charge in [-0.15, -0.1) is 0 Å². The number of imide groups is 1. The first kappa shape index (κ1) is 15.3. The van der Waals surface area contributed by atoms with Crippen molar-refractivity contribution in [2.45, 2.75) is 31.7 Å². The molecule has 2 aliphatic rings. The Labute approximate surface area is 134 Å². The molecule has 0 radical (unpaired) electrons. The number of urea groups is 1. The Kier molecular flexibility index (Phi) is 3.90. The highest BCUT2D eigenvalue weighted by molar-refractivity contribution is 6.08. The second-order valence-corrected chi connectivity index (χ2v) is 6.02. The van der Waals surface area contributed by atoms with Crippen LogP contribution in [0.5, 0.6) is 0 Å². The highest BCUT2D eigenvalue weighted by atomic mass is 16.2. The molecule has 0 saturated carbocycles. The minimum absolute atomic E-state index is 0.204. The fourth-order valence-corrected chi connectivity index (χ4v) is 2.94. The van der Waals surface area contributed by atoms with Crippen LogP contribution in [0, 0.1) is 5.92 Å². The van der Waals surface area contributed by atoms with Gasteiger partial charge in [0.1, 0.15) is 5.54 Å². The van der Waals surface area contributed by atoms with Crippen molar-refractivity contribution in [2.24, 2.45) is 5.92 Å². The maximum Gasteiger partial charge on any atom is 0.344 e. The average Bonchev–Trinajstić information content (AvgIpc) is 2.81. The molecule has 0 bridgehead atoms. The Morgan fingerprint density at radius 2 is 2.00 bits per heavy atom. The van der Waals surface area contributed by atoms with Gasteiger partial charge in [0.05, 0.1) is 0 Å². The molecular formula is C17H19N3O3. The number of hydrazine groups is 1. The first-order valence-corrected chi connectivity index (χ1v) is 7.70. The lowest BCUT2D eigenvalue weighted by Crippen LogP contribution is -2.49. The van der Waals surface area contributed by atoms with Crippen molar-refractivity contribution in [3.63, 3.8) is 0 Å². The van der Waals surface area contributed by atoms with Crippen LogP contribution in [0.2, 0.25) is 0 Å². The molecule has 2 unspecified atom stereocenters. The topological polar surface area (TPSA) is 78.5 Å². The number of hydrogen-bond donors (Lipinski definition) is 2. The summed E-state index contributed by atoms with van der Waals surface area (Å²) >= 11 is 0. The second-order valence-electron chi connectivity index (χ2n) is 6.02. The third-order valence-electron chi connectivity index (χ3n) is 4.40. The van der Waals surface area contributed by atoms with E-state index in [0.717, 1.165) is 17.9 Å². The second kappa shape index (κ2) is 5.87. The molecule has 1 heterocycles. The van der Waals surface area contributed by atoms with Gasteiger partial charge < -0.3 is 5.32 Å². The van der Waals surface area contributed by atoms with Crippen molar-refractivity contribution >= 4 is 17.8 Å². The summed E-state index contributed by atoms with van der Waals surface area (Å²) in [7, 11) is 0. The van der Waals surface area contributed by atoms with E-state index in [9.17, 15) is 14.4 Å². The third-order valence-corrected chi connectivity index (χ3v) is 4.40. The summed E-state index contributed by atoms with van der Waals surface area (Å²) in [5.41, 5.74) is 1.98. The molecule has 6 heteroatoms. The van der Waals surface area contributed by atoms with Gasteiger partial charge in [0.25, 0.3) is 5.91 Å². The largest absolute Gasteiger partial charge is 0.344 e. The van der Waals surface area contributed by atoms with Gasteiger partial charge in [-0.25, -0.2) is 4.79 Å². The van der Waals surface area contributed by atoms with Crippen LogP contribution in [0.4, 0.5) is 4.79 Å². The molecule has 2 N–H and O–H groups in total. The van der Waals surface area contributed by atoms with Crippen LogP contribution in [-0.4, -0.2) is 22.9 Å². The van der Waals surface area contributed by atoms with Crippen molar-refractivity contribution in [2.75, 3.05) is 0 Å². The fourth-order valence-electron chi connectivity index (χ4n) is 2.94. The molecule has 1 aliphatic heterocycles. The number of amides is 4. The zero-order chi connectivity index (χ0) is 16.4. The van der Waals surface area contributed by atoms with Crippen LogP contribution in [0.3, 0.4) is 0 Å². The summed E-state index contributed by atoms with van der Waals surface area (Å²) in [6.07, 6.45) is 6.17. The van der Waals surface area contributed by atoms with Gasteiger partial charge in [-0.05, 0) is 31.7 Å². The normalized spacial score (nSPS) is 27.0. The molecule has 1 aromatic carbocycles. The molecule has 1 saturated heterocycles. The van der Waals surface area contributed by atoms with Crippen LogP contribution >= 0.6 is 0 Å². The highest BCUT2D eigenvalue weighted by Crippen LogP contribution is 2.28. The Balaban J connectivity index is 1.76. The van der Waals surface area contributed by atoms with E-state index in [0.29, 0.717) is 12.0 Å². The van der Waals surface area contributed by atoms with E-state index in [4.69, 9.17) is 0 Å². The maximum absolute atomic E-state index is 12.7.